The number of piperidine rings is 1. The second-order valence-electron chi connectivity index (χ2n) is 8.47. The molecule has 2 aromatic carbocycles. The largest absolute Gasteiger partial charge is 0.497 e. The van der Waals surface area contributed by atoms with E-state index in [4.69, 9.17) is 14.9 Å². The van der Waals surface area contributed by atoms with Crippen LogP contribution < -0.4 is 20.1 Å². The van der Waals surface area contributed by atoms with E-state index in [1.165, 1.54) is 5.56 Å². The first-order valence-electron chi connectivity index (χ1n) is 11.6. The van der Waals surface area contributed by atoms with Crippen LogP contribution in [0.5, 0.6) is 11.5 Å². The fraction of sp³-hybridized carbons (Fsp3) is 0.385. The third-order valence-corrected chi connectivity index (χ3v) is 6.08. The lowest BCUT2D eigenvalue weighted by Crippen LogP contribution is -2.36. The molecule has 1 fully saturated rings. The zero-order valence-electron chi connectivity index (χ0n) is 19.2. The molecule has 2 heterocycles. The van der Waals surface area contributed by atoms with Gasteiger partial charge in [-0.05, 0) is 61.7 Å². The fourth-order valence-electron chi connectivity index (χ4n) is 4.10. The van der Waals surface area contributed by atoms with Crippen LogP contribution in [0.4, 0.5) is 11.4 Å². The summed E-state index contributed by atoms with van der Waals surface area (Å²) in [5, 5.41) is 14.5. The summed E-state index contributed by atoms with van der Waals surface area (Å²) in [5.41, 5.74) is 4.76. The summed E-state index contributed by atoms with van der Waals surface area (Å²) in [4.78, 5) is 14.0. The van der Waals surface area contributed by atoms with E-state index in [9.17, 15) is 4.79 Å². The van der Waals surface area contributed by atoms with Crippen molar-refractivity contribution in [2.75, 3.05) is 44.0 Å². The Bertz CT molecular complexity index is 1020. The van der Waals surface area contributed by atoms with Gasteiger partial charge in [-0.1, -0.05) is 6.07 Å². The van der Waals surface area contributed by atoms with Gasteiger partial charge in [0.2, 0.25) is 5.91 Å². The molecule has 0 bridgehead atoms. The Morgan fingerprint density at radius 1 is 1.09 bits per heavy atom. The molecule has 0 radical (unpaired) electrons. The van der Waals surface area contributed by atoms with Crippen molar-refractivity contribution < 1.29 is 14.3 Å². The van der Waals surface area contributed by atoms with Crippen molar-refractivity contribution in [3.8, 4) is 11.5 Å². The van der Waals surface area contributed by atoms with Gasteiger partial charge in [0.05, 0.1) is 13.7 Å². The minimum absolute atomic E-state index is 0.0712. The number of anilines is 2. The molecule has 7 nitrogen and oxygen atoms in total. The summed E-state index contributed by atoms with van der Waals surface area (Å²) in [6.07, 6.45) is 6.06. The van der Waals surface area contributed by atoms with Gasteiger partial charge < -0.3 is 25.5 Å². The van der Waals surface area contributed by atoms with Crippen LogP contribution in [0.25, 0.3) is 0 Å². The van der Waals surface area contributed by atoms with Crippen LogP contribution in [-0.2, 0) is 11.2 Å². The highest BCUT2D eigenvalue weighted by Gasteiger charge is 2.18. The van der Waals surface area contributed by atoms with Gasteiger partial charge in [0.25, 0.3) is 0 Å². The van der Waals surface area contributed by atoms with Crippen molar-refractivity contribution in [3.05, 3.63) is 59.8 Å². The van der Waals surface area contributed by atoms with E-state index < -0.39 is 0 Å². The monoisotopic (exact) mass is 448 g/mol. The molecule has 7 heteroatoms. The normalized spacial score (nSPS) is 17.4. The van der Waals surface area contributed by atoms with Gasteiger partial charge in [-0.3, -0.25) is 9.69 Å². The second-order valence-corrected chi connectivity index (χ2v) is 8.47. The number of benzene rings is 2. The van der Waals surface area contributed by atoms with E-state index >= 15 is 0 Å². The lowest BCUT2D eigenvalue weighted by atomic mass is 10.0. The van der Waals surface area contributed by atoms with Crippen LogP contribution in [0, 0.1) is 5.41 Å². The zero-order valence-corrected chi connectivity index (χ0v) is 19.2. The molecule has 0 spiro atoms. The number of carbonyl (C=O) groups is 1. The molecule has 0 unspecified atom stereocenters. The molecule has 0 aromatic heterocycles. The molecule has 2 aliphatic rings. The van der Waals surface area contributed by atoms with Crippen LogP contribution in [0.1, 0.15) is 31.2 Å². The smallest absolute Gasteiger partial charge is 0.224 e. The third kappa shape index (κ3) is 6.35. The molecular weight excluding hydrogens is 416 g/mol. The van der Waals surface area contributed by atoms with E-state index in [-0.39, 0.29) is 5.91 Å². The Kier molecular flexibility index (Phi) is 7.62. The highest BCUT2D eigenvalue weighted by molar-refractivity contribution is 5.99. The maximum absolute atomic E-state index is 11.6. The van der Waals surface area contributed by atoms with E-state index in [1.54, 1.807) is 7.11 Å². The Balaban J connectivity index is 1.19. The summed E-state index contributed by atoms with van der Waals surface area (Å²) < 4.78 is 11.1. The summed E-state index contributed by atoms with van der Waals surface area (Å²) >= 11 is 0. The molecule has 1 saturated heterocycles. The number of nitrogens with one attached hydrogen (secondary N) is 3. The molecule has 3 N–H and O–H groups in total. The quantitative estimate of drug-likeness (QED) is 0.493. The summed E-state index contributed by atoms with van der Waals surface area (Å²) in [5.74, 6) is 1.70. The third-order valence-electron chi connectivity index (χ3n) is 6.08. The number of ether oxygens (including phenoxy) is 2. The van der Waals surface area contributed by atoms with Crippen LogP contribution in [0.2, 0.25) is 0 Å². The number of aryl methyl sites for hydroxylation is 1. The summed E-state index contributed by atoms with van der Waals surface area (Å²) in [7, 11) is 1.66. The number of fused-ring (bicyclic) bond motifs is 1. The van der Waals surface area contributed by atoms with Crippen LogP contribution >= 0.6 is 0 Å². The first-order valence-corrected chi connectivity index (χ1v) is 11.6. The first kappa shape index (κ1) is 22.9. The number of nitrogens with zero attached hydrogens (tertiary/aromatic N) is 1. The van der Waals surface area contributed by atoms with Crippen LogP contribution in [0.3, 0.4) is 0 Å². The van der Waals surface area contributed by atoms with Crippen molar-refractivity contribution in [2.24, 2.45) is 0 Å². The standard InChI is InChI=1S/C26H32N4O3/c1-32-22-9-6-21(7-10-22)28-17-20-18-30(14-12-24(20)27)13-2-3-15-33-23-8-4-19-5-11-26(31)29-25(19)16-23/h4,6-10,16-17,27-28H,2-3,5,11-15,18H2,1H3,(H,29,31)/b20-17-,27-24?. The highest BCUT2D eigenvalue weighted by Crippen LogP contribution is 2.27. The number of unbranched alkanes of at least 4 members (excludes halogenated alkanes) is 1. The van der Waals surface area contributed by atoms with Crippen LogP contribution in [0.15, 0.2) is 54.2 Å². The molecule has 1 amide bonds. The van der Waals surface area contributed by atoms with Crippen molar-refractivity contribution >= 4 is 23.0 Å². The average Bonchev–Trinajstić information content (AvgIpc) is 2.84. The Morgan fingerprint density at radius 2 is 1.91 bits per heavy atom. The molecule has 2 aromatic rings. The minimum Gasteiger partial charge on any atom is -0.497 e. The highest BCUT2D eigenvalue weighted by atomic mass is 16.5. The molecule has 0 aliphatic carbocycles. The summed E-state index contributed by atoms with van der Waals surface area (Å²) in [6, 6.07) is 13.7. The number of carbonyl (C=O) groups excluding carboxylic acids is 1. The Labute approximate surface area is 195 Å². The van der Waals surface area contributed by atoms with Crippen molar-refractivity contribution in [2.45, 2.75) is 32.1 Å². The van der Waals surface area contributed by atoms with Gasteiger partial charge in [0, 0.05) is 60.9 Å². The predicted molar refractivity (Wildman–Crippen MR) is 132 cm³/mol. The molecule has 0 atom stereocenters. The SMILES string of the molecule is COc1ccc(N/C=C2/CN(CCCCOc3ccc4c(c3)NC(=O)CC4)CCC2=N)cc1. The van der Waals surface area contributed by atoms with E-state index in [1.807, 2.05) is 48.7 Å². The van der Waals surface area contributed by atoms with Gasteiger partial charge >= 0.3 is 0 Å². The van der Waals surface area contributed by atoms with E-state index in [0.29, 0.717) is 18.7 Å². The van der Waals surface area contributed by atoms with E-state index in [0.717, 1.165) is 73.8 Å². The van der Waals surface area contributed by atoms with Crippen molar-refractivity contribution in [1.29, 1.82) is 5.41 Å². The molecule has 174 valence electrons. The van der Waals surface area contributed by atoms with Gasteiger partial charge in [0.15, 0.2) is 0 Å². The lowest BCUT2D eigenvalue weighted by Gasteiger charge is -2.29. The van der Waals surface area contributed by atoms with Crippen LogP contribution in [-0.4, -0.2) is 49.9 Å². The number of likely N-dealkylation sites (tertiary alicyclic amines) is 1. The van der Waals surface area contributed by atoms with Gasteiger partial charge in [-0.15, -0.1) is 0 Å². The van der Waals surface area contributed by atoms with Gasteiger partial charge in [-0.2, -0.15) is 0 Å². The average molecular weight is 449 g/mol. The number of rotatable bonds is 9. The van der Waals surface area contributed by atoms with Gasteiger partial charge in [0.1, 0.15) is 11.5 Å². The summed E-state index contributed by atoms with van der Waals surface area (Å²) in [6.45, 7) is 3.34. The molecule has 4 rings (SSSR count). The van der Waals surface area contributed by atoms with Crippen molar-refractivity contribution in [1.82, 2.24) is 4.90 Å². The second kappa shape index (κ2) is 11.0. The lowest BCUT2D eigenvalue weighted by molar-refractivity contribution is -0.116. The molecule has 33 heavy (non-hydrogen) atoms. The first-order chi connectivity index (χ1) is 16.1. The van der Waals surface area contributed by atoms with Gasteiger partial charge in [-0.25, -0.2) is 0 Å². The maximum Gasteiger partial charge on any atom is 0.224 e. The number of hydrogen-bond donors (Lipinski definition) is 3. The predicted octanol–water partition coefficient (Wildman–Crippen LogP) is 4.46. The topological polar surface area (TPSA) is 86.7 Å². The molecule has 0 saturated carbocycles. The Morgan fingerprint density at radius 3 is 2.73 bits per heavy atom. The molecule has 2 aliphatic heterocycles. The number of amides is 1. The van der Waals surface area contributed by atoms with E-state index in [2.05, 4.69) is 15.5 Å². The fourth-order valence-corrected chi connectivity index (χ4v) is 4.10. The number of methoxy groups -OCH3 is 1. The molecular formula is C26H32N4O3. The minimum atomic E-state index is 0.0712. The Hall–Kier alpha value is -3.32. The zero-order chi connectivity index (χ0) is 23.0. The number of hydrogen-bond acceptors (Lipinski definition) is 6. The maximum atomic E-state index is 11.6. The van der Waals surface area contributed by atoms with Crippen molar-refractivity contribution in [3.63, 3.8) is 0 Å².